The molecule has 9 nitrogen and oxygen atoms in total. The Hall–Kier alpha value is -4.14. The van der Waals surface area contributed by atoms with Gasteiger partial charge in [-0.15, -0.1) is 0 Å². The number of aromatic nitrogens is 2. The number of carbonyl (C=O) groups excluding carboxylic acids is 3. The lowest BCUT2D eigenvalue weighted by molar-refractivity contribution is -0.124. The number of hydrogen-bond donors (Lipinski definition) is 2. The van der Waals surface area contributed by atoms with Gasteiger partial charge in [-0.05, 0) is 42.2 Å². The molecule has 0 aliphatic carbocycles. The Labute approximate surface area is 203 Å². The summed E-state index contributed by atoms with van der Waals surface area (Å²) in [5.74, 6) is -0.0551. The molecule has 5 rings (SSSR count). The number of hydrogen-bond acceptors (Lipinski definition) is 5. The largest absolute Gasteiger partial charge is 0.494 e. The molecule has 2 aliphatic rings. The maximum atomic E-state index is 13.2. The summed E-state index contributed by atoms with van der Waals surface area (Å²) in [6, 6.07) is 12.3. The summed E-state index contributed by atoms with van der Waals surface area (Å²) in [5, 5.41) is 9.50. The van der Waals surface area contributed by atoms with Crippen LogP contribution in [0.15, 0.2) is 54.9 Å². The average Bonchev–Trinajstić information content (AvgIpc) is 3.52. The van der Waals surface area contributed by atoms with E-state index in [4.69, 9.17) is 4.74 Å². The van der Waals surface area contributed by atoms with Crippen LogP contribution in [0.3, 0.4) is 0 Å². The first-order chi connectivity index (χ1) is 16.9. The Morgan fingerprint density at radius 2 is 1.86 bits per heavy atom. The van der Waals surface area contributed by atoms with Crippen molar-refractivity contribution < 1.29 is 19.1 Å². The van der Waals surface area contributed by atoms with Crippen LogP contribution < -0.4 is 15.4 Å². The molecule has 1 atom stereocenters. The van der Waals surface area contributed by atoms with E-state index >= 15 is 0 Å². The number of fused-ring (bicyclic) bond motifs is 1. The van der Waals surface area contributed by atoms with Crippen molar-refractivity contribution >= 4 is 17.8 Å². The van der Waals surface area contributed by atoms with Gasteiger partial charge in [0, 0.05) is 30.4 Å². The fraction of sp³-hybridized carbons (Fsp3) is 0.308. The summed E-state index contributed by atoms with van der Waals surface area (Å²) in [5.41, 5.74) is 2.54. The first kappa shape index (κ1) is 22.6. The van der Waals surface area contributed by atoms with Crippen molar-refractivity contribution in [1.82, 2.24) is 25.3 Å². The average molecular weight is 474 g/mol. The molecular weight excluding hydrogens is 446 g/mol. The quantitative estimate of drug-likeness (QED) is 0.489. The van der Waals surface area contributed by atoms with E-state index in [1.165, 1.54) is 0 Å². The van der Waals surface area contributed by atoms with Crippen LogP contribution in [-0.2, 0) is 23.4 Å². The third-order valence-electron chi connectivity index (χ3n) is 6.44. The molecule has 0 spiro atoms. The highest BCUT2D eigenvalue weighted by Gasteiger charge is 2.50. The first-order valence-electron chi connectivity index (χ1n) is 11.8. The summed E-state index contributed by atoms with van der Waals surface area (Å²) < 4.78 is 7.43. The van der Waals surface area contributed by atoms with Crippen LogP contribution in [0.25, 0.3) is 11.1 Å². The summed E-state index contributed by atoms with van der Waals surface area (Å²) in [4.78, 5) is 40.1. The minimum absolute atomic E-state index is 0.00976. The van der Waals surface area contributed by atoms with E-state index in [2.05, 4.69) is 22.7 Å². The Kier molecular flexibility index (Phi) is 5.76. The molecule has 4 amide bonds. The molecule has 1 aromatic heterocycles. The highest BCUT2D eigenvalue weighted by atomic mass is 16.5. The standard InChI is InChI=1S/C26H27N5O4/c1-3-11-31-15-19(13-27-31)17-5-8-20(9-6-17)26(24(33)28-25(34)29-26)16-30-14-18-7-10-21(35-4-2)12-22(18)23(30)32/h5-10,12-13,15H,3-4,11,14,16H2,1-2H3,(H2,28,29,33,34)/t26-/m0/s1. The van der Waals surface area contributed by atoms with Crippen LogP contribution in [0.1, 0.15) is 41.8 Å². The molecule has 9 heteroatoms. The zero-order chi connectivity index (χ0) is 24.6. The molecule has 1 fully saturated rings. The fourth-order valence-electron chi connectivity index (χ4n) is 4.72. The van der Waals surface area contributed by atoms with Gasteiger partial charge in [0.25, 0.3) is 11.8 Å². The van der Waals surface area contributed by atoms with Gasteiger partial charge in [-0.2, -0.15) is 5.10 Å². The number of amides is 4. The van der Waals surface area contributed by atoms with E-state index in [0.717, 1.165) is 29.7 Å². The molecule has 3 heterocycles. The van der Waals surface area contributed by atoms with E-state index in [-0.39, 0.29) is 12.5 Å². The number of nitrogens with zero attached hydrogens (tertiary/aromatic N) is 3. The second kappa shape index (κ2) is 8.90. The second-order valence-corrected chi connectivity index (χ2v) is 8.80. The molecule has 2 N–H and O–H groups in total. The number of carbonyl (C=O) groups is 3. The van der Waals surface area contributed by atoms with E-state index in [1.54, 1.807) is 17.2 Å². The van der Waals surface area contributed by atoms with Gasteiger partial charge in [0.05, 0.1) is 19.3 Å². The van der Waals surface area contributed by atoms with Crippen molar-refractivity contribution in [3.63, 3.8) is 0 Å². The minimum Gasteiger partial charge on any atom is -0.494 e. The maximum absolute atomic E-state index is 13.2. The van der Waals surface area contributed by atoms with Gasteiger partial charge in [-0.1, -0.05) is 37.3 Å². The third-order valence-corrected chi connectivity index (χ3v) is 6.44. The molecule has 0 radical (unpaired) electrons. The highest BCUT2D eigenvalue weighted by Crippen LogP contribution is 2.33. The first-order valence-corrected chi connectivity index (χ1v) is 11.8. The van der Waals surface area contributed by atoms with Crippen LogP contribution in [0.5, 0.6) is 5.75 Å². The molecule has 35 heavy (non-hydrogen) atoms. The molecule has 0 unspecified atom stereocenters. The summed E-state index contributed by atoms with van der Waals surface area (Å²) >= 11 is 0. The highest BCUT2D eigenvalue weighted by molar-refractivity contribution is 6.08. The van der Waals surface area contributed by atoms with E-state index in [9.17, 15) is 14.4 Å². The summed E-state index contributed by atoms with van der Waals surface area (Å²) in [6.45, 7) is 5.68. The Morgan fingerprint density at radius 3 is 2.54 bits per heavy atom. The smallest absolute Gasteiger partial charge is 0.322 e. The number of rotatable bonds is 8. The molecule has 2 aromatic carbocycles. The fourth-order valence-corrected chi connectivity index (χ4v) is 4.72. The van der Waals surface area contributed by atoms with Crippen molar-refractivity contribution in [2.45, 2.75) is 38.9 Å². The summed E-state index contributed by atoms with van der Waals surface area (Å²) in [6.07, 6.45) is 4.78. The number of benzene rings is 2. The normalized spacial score (nSPS) is 19.0. The molecule has 0 bridgehead atoms. The SMILES string of the molecule is CCCn1cc(-c2ccc([C@]3(CN4Cc5ccc(OCC)cc5C4=O)NC(=O)NC3=O)cc2)cn1. The van der Waals surface area contributed by atoms with Crippen molar-refractivity contribution in [2.24, 2.45) is 0 Å². The van der Waals surface area contributed by atoms with Crippen LogP contribution >= 0.6 is 0 Å². The predicted octanol–water partition coefficient (Wildman–Crippen LogP) is 3.05. The van der Waals surface area contributed by atoms with Crippen molar-refractivity contribution in [2.75, 3.05) is 13.2 Å². The summed E-state index contributed by atoms with van der Waals surface area (Å²) in [7, 11) is 0. The second-order valence-electron chi connectivity index (χ2n) is 8.80. The van der Waals surface area contributed by atoms with Crippen LogP contribution in [-0.4, -0.2) is 45.7 Å². The molecule has 180 valence electrons. The lowest BCUT2D eigenvalue weighted by Crippen LogP contribution is -2.52. The van der Waals surface area contributed by atoms with Gasteiger partial charge in [-0.25, -0.2) is 4.79 Å². The predicted molar refractivity (Wildman–Crippen MR) is 129 cm³/mol. The van der Waals surface area contributed by atoms with E-state index in [0.29, 0.717) is 30.0 Å². The lowest BCUT2D eigenvalue weighted by atomic mass is 9.88. The molecule has 2 aliphatic heterocycles. The van der Waals surface area contributed by atoms with Gasteiger partial charge in [-0.3, -0.25) is 19.6 Å². The molecule has 1 saturated heterocycles. The molecular formula is C26H27N5O4. The Balaban J connectivity index is 1.43. The Bertz CT molecular complexity index is 1300. The zero-order valence-corrected chi connectivity index (χ0v) is 19.7. The van der Waals surface area contributed by atoms with E-state index in [1.807, 2.05) is 54.2 Å². The van der Waals surface area contributed by atoms with Crippen molar-refractivity contribution in [3.8, 4) is 16.9 Å². The zero-order valence-electron chi connectivity index (χ0n) is 19.7. The van der Waals surface area contributed by atoms with E-state index < -0.39 is 17.5 Å². The van der Waals surface area contributed by atoms with Crippen molar-refractivity contribution in [3.05, 3.63) is 71.5 Å². The maximum Gasteiger partial charge on any atom is 0.322 e. The van der Waals surface area contributed by atoms with Gasteiger partial charge < -0.3 is 15.0 Å². The van der Waals surface area contributed by atoms with Crippen LogP contribution in [0, 0.1) is 0 Å². The molecule has 3 aromatic rings. The van der Waals surface area contributed by atoms with Crippen molar-refractivity contribution in [1.29, 1.82) is 0 Å². The topological polar surface area (TPSA) is 106 Å². The van der Waals surface area contributed by atoms with Crippen LogP contribution in [0.4, 0.5) is 4.79 Å². The number of urea groups is 1. The lowest BCUT2D eigenvalue weighted by Gasteiger charge is -2.31. The number of ether oxygens (including phenoxy) is 1. The number of imide groups is 1. The number of aryl methyl sites for hydroxylation is 1. The van der Waals surface area contributed by atoms with Gasteiger partial charge in [0.15, 0.2) is 5.54 Å². The van der Waals surface area contributed by atoms with Gasteiger partial charge in [0.2, 0.25) is 0 Å². The number of nitrogens with one attached hydrogen (secondary N) is 2. The Morgan fingerprint density at radius 1 is 1.06 bits per heavy atom. The minimum atomic E-state index is -1.39. The van der Waals surface area contributed by atoms with Gasteiger partial charge in [0.1, 0.15) is 5.75 Å². The van der Waals surface area contributed by atoms with Crippen LogP contribution in [0.2, 0.25) is 0 Å². The third kappa shape index (κ3) is 4.03. The van der Waals surface area contributed by atoms with Gasteiger partial charge >= 0.3 is 6.03 Å². The monoisotopic (exact) mass is 473 g/mol. The molecule has 0 saturated carbocycles.